The summed E-state index contributed by atoms with van der Waals surface area (Å²) in [5.41, 5.74) is 1.16. The largest absolute Gasteiger partial charge is 0.462 e. The molecule has 3 heterocycles. The molecule has 214 valence electrons. The first-order chi connectivity index (χ1) is 18.9. The van der Waals surface area contributed by atoms with Gasteiger partial charge in [-0.15, -0.1) is 34.0 Å². The third-order valence-electron chi connectivity index (χ3n) is 6.36. The average molecular weight is 719 g/mol. The Balaban J connectivity index is 1.62. The minimum Gasteiger partial charge on any atom is -0.462 e. The van der Waals surface area contributed by atoms with Crippen LogP contribution < -0.4 is 0 Å². The summed E-state index contributed by atoms with van der Waals surface area (Å²) in [4.78, 5) is 29.5. The SMILES string of the molecule is CCCCCCCCOC(=O)c1cc(Br)sc1-c1ccc(-c2sc(Br)cc2C(=O)OCCCCCCCC)s1. The molecule has 9 heteroatoms. The molecule has 3 aromatic heterocycles. The number of ether oxygens (including phenoxy) is 2. The van der Waals surface area contributed by atoms with Crippen LogP contribution in [0.2, 0.25) is 0 Å². The highest BCUT2D eigenvalue weighted by Gasteiger charge is 2.23. The number of thiophene rings is 3. The molecular weight excluding hydrogens is 680 g/mol. The molecule has 0 amide bonds. The van der Waals surface area contributed by atoms with Gasteiger partial charge in [0, 0.05) is 9.75 Å². The zero-order valence-corrected chi connectivity index (χ0v) is 28.4. The molecule has 0 fully saturated rings. The fraction of sp³-hybridized carbons (Fsp3) is 0.533. The van der Waals surface area contributed by atoms with E-state index in [0.717, 1.165) is 52.8 Å². The molecule has 0 aromatic carbocycles. The summed E-state index contributed by atoms with van der Waals surface area (Å²) >= 11 is 11.7. The van der Waals surface area contributed by atoms with Crippen molar-refractivity contribution in [2.75, 3.05) is 13.2 Å². The Morgan fingerprint density at radius 2 is 1.00 bits per heavy atom. The monoisotopic (exact) mass is 716 g/mol. The van der Waals surface area contributed by atoms with Gasteiger partial charge in [0.2, 0.25) is 0 Å². The van der Waals surface area contributed by atoms with E-state index < -0.39 is 0 Å². The van der Waals surface area contributed by atoms with Gasteiger partial charge in [-0.25, -0.2) is 9.59 Å². The lowest BCUT2D eigenvalue weighted by atomic mass is 10.1. The second-order valence-corrected chi connectivity index (χ2v) is 15.5. The third kappa shape index (κ3) is 10.4. The van der Waals surface area contributed by atoms with Crippen LogP contribution >= 0.6 is 65.9 Å². The summed E-state index contributed by atoms with van der Waals surface area (Å²) in [6, 6.07) is 7.72. The molecule has 0 saturated carbocycles. The number of carbonyl (C=O) groups excluding carboxylic acids is 2. The van der Waals surface area contributed by atoms with E-state index in [1.165, 1.54) is 74.0 Å². The molecule has 0 atom stereocenters. The Bertz CT molecular complexity index is 1090. The molecular formula is C30H38Br2O4S3. The van der Waals surface area contributed by atoms with Crippen LogP contribution in [0.4, 0.5) is 0 Å². The number of unbranched alkanes of at least 4 members (excludes halogenated alkanes) is 10. The summed E-state index contributed by atoms with van der Waals surface area (Å²) < 4.78 is 13.0. The van der Waals surface area contributed by atoms with E-state index in [1.807, 2.05) is 24.3 Å². The van der Waals surface area contributed by atoms with E-state index in [0.29, 0.717) is 24.3 Å². The Labute approximate surface area is 261 Å². The predicted octanol–water partition coefficient (Wildman–Crippen LogP) is 11.8. The molecule has 4 nitrogen and oxygen atoms in total. The van der Waals surface area contributed by atoms with E-state index in [2.05, 4.69) is 45.7 Å². The fourth-order valence-electron chi connectivity index (χ4n) is 4.22. The van der Waals surface area contributed by atoms with E-state index in [-0.39, 0.29) is 11.9 Å². The molecule has 3 aromatic rings. The minimum absolute atomic E-state index is 0.284. The van der Waals surface area contributed by atoms with Crippen molar-refractivity contribution < 1.29 is 19.1 Å². The third-order valence-corrected chi connectivity index (χ3v) is 11.1. The van der Waals surface area contributed by atoms with Gasteiger partial charge in [-0.05, 0) is 69.0 Å². The quantitative estimate of drug-likeness (QED) is 0.0971. The van der Waals surface area contributed by atoms with Crippen molar-refractivity contribution in [3.8, 4) is 19.5 Å². The molecule has 0 radical (unpaired) electrons. The highest BCUT2D eigenvalue weighted by atomic mass is 79.9. The minimum atomic E-state index is -0.284. The molecule has 0 N–H and O–H groups in total. The molecule has 0 unspecified atom stereocenters. The van der Waals surface area contributed by atoms with Gasteiger partial charge in [-0.2, -0.15) is 0 Å². The second-order valence-electron chi connectivity index (χ2n) is 9.56. The fourth-order valence-corrected chi connectivity index (χ4v) is 8.65. The van der Waals surface area contributed by atoms with Gasteiger partial charge in [-0.3, -0.25) is 0 Å². The van der Waals surface area contributed by atoms with Gasteiger partial charge < -0.3 is 9.47 Å². The molecule has 3 rings (SSSR count). The number of hydrogen-bond acceptors (Lipinski definition) is 7. The van der Waals surface area contributed by atoms with Crippen molar-refractivity contribution in [2.45, 2.75) is 90.9 Å². The molecule has 0 aliphatic heterocycles. The molecule has 0 aliphatic carbocycles. The van der Waals surface area contributed by atoms with Gasteiger partial charge in [-0.1, -0.05) is 78.1 Å². The van der Waals surface area contributed by atoms with E-state index in [1.54, 1.807) is 11.3 Å². The van der Waals surface area contributed by atoms with E-state index in [4.69, 9.17) is 9.47 Å². The van der Waals surface area contributed by atoms with Crippen molar-refractivity contribution in [2.24, 2.45) is 0 Å². The van der Waals surface area contributed by atoms with Gasteiger partial charge in [0.1, 0.15) is 0 Å². The van der Waals surface area contributed by atoms with Crippen LogP contribution in [-0.4, -0.2) is 25.2 Å². The Morgan fingerprint density at radius 1 is 0.615 bits per heavy atom. The molecule has 0 bridgehead atoms. The maximum absolute atomic E-state index is 12.9. The van der Waals surface area contributed by atoms with E-state index in [9.17, 15) is 9.59 Å². The maximum atomic E-state index is 12.9. The predicted molar refractivity (Wildman–Crippen MR) is 174 cm³/mol. The van der Waals surface area contributed by atoms with Crippen molar-refractivity contribution in [3.05, 3.63) is 43.0 Å². The maximum Gasteiger partial charge on any atom is 0.339 e. The lowest BCUT2D eigenvalue weighted by Gasteiger charge is -2.06. The van der Waals surface area contributed by atoms with Gasteiger partial charge in [0.05, 0.1) is 41.7 Å². The molecule has 0 saturated heterocycles. The van der Waals surface area contributed by atoms with Crippen molar-refractivity contribution in [1.29, 1.82) is 0 Å². The van der Waals surface area contributed by atoms with Crippen molar-refractivity contribution >= 4 is 77.8 Å². The zero-order valence-electron chi connectivity index (χ0n) is 22.8. The summed E-state index contributed by atoms with van der Waals surface area (Å²) in [6.07, 6.45) is 13.8. The highest BCUT2D eigenvalue weighted by Crippen LogP contribution is 2.45. The van der Waals surface area contributed by atoms with Crippen LogP contribution in [0.15, 0.2) is 31.8 Å². The van der Waals surface area contributed by atoms with E-state index >= 15 is 0 Å². The number of esters is 2. The van der Waals surface area contributed by atoms with Crippen LogP contribution in [0, 0.1) is 0 Å². The Kier molecular flexibility index (Phi) is 14.8. The summed E-state index contributed by atoms with van der Waals surface area (Å²) in [6.45, 7) is 5.31. The summed E-state index contributed by atoms with van der Waals surface area (Å²) in [5.74, 6) is -0.568. The standard InChI is InChI=1S/C30H38Br2O4S3/c1-3-5-7-9-11-13-17-35-29(33)21-19-25(31)38-27(21)23-15-16-24(37-23)28-22(20-26(32)39-28)30(34)36-18-14-12-10-8-6-4-2/h15-16,19-20H,3-14,17-18H2,1-2H3. The number of rotatable bonds is 18. The van der Waals surface area contributed by atoms with Crippen LogP contribution in [-0.2, 0) is 9.47 Å². The molecule has 39 heavy (non-hydrogen) atoms. The number of halogens is 2. The van der Waals surface area contributed by atoms with Gasteiger partial charge >= 0.3 is 11.9 Å². The topological polar surface area (TPSA) is 52.6 Å². The van der Waals surface area contributed by atoms with Crippen molar-refractivity contribution in [1.82, 2.24) is 0 Å². The first-order valence-corrected chi connectivity index (χ1v) is 18.0. The first-order valence-electron chi connectivity index (χ1n) is 14.0. The number of carbonyl (C=O) groups is 2. The van der Waals surface area contributed by atoms with Crippen molar-refractivity contribution in [3.63, 3.8) is 0 Å². The average Bonchev–Trinajstić information content (AvgIpc) is 3.65. The lowest BCUT2D eigenvalue weighted by Crippen LogP contribution is -2.06. The Morgan fingerprint density at radius 3 is 1.41 bits per heavy atom. The molecule has 0 aliphatic rings. The smallest absolute Gasteiger partial charge is 0.339 e. The number of hydrogen-bond donors (Lipinski definition) is 0. The first kappa shape index (κ1) is 32.5. The summed E-state index contributed by atoms with van der Waals surface area (Å²) in [5, 5.41) is 0. The summed E-state index contributed by atoms with van der Waals surface area (Å²) in [7, 11) is 0. The van der Waals surface area contributed by atoms with Gasteiger partial charge in [0.15, 0.2) is 0 Å². The van der Waals surface area contributed by atoms with Crippen LogP contribution in [0.5, 0.6) is 0 Å². The van der Waals surface area contributed by atoms with Crippen LogP contribution in [0.1, 0.15) is 112 Å². The highest BCUT2D eigenvalue weighted by molar-refractivity contribution is 9.11. The zero-order chi connectivity index (χ0) is 28.0. The Hall–Kier alpha value is -1.00. The normalized spacial score (nSPS) is 11.2. The lowest BCUT2D eigenvalue weighted by molar-refractivity contribution is 0.0490. The van der Waals surface area contributed by atoms with Gasteiger partial charge in [0.25, 0.3) is 0 Å². The van der Waals surface area contributed by atoms with Crippen LogP contribution in [0.3, 0.4) is 0 Å². The second kappa shape index (κ2) is 17.7. The molecule has 0 spiro atoms. The van der Waals surface area contributed by atoms with Crippen LogP contribution in [0.25, 0.3) is 19.5 Å².